The molecule has 0 aliphatic rings. The summed E-state index contributed by atoms with van der Waals surface area (Å²) < 4.78 is 4.79. The summed E-state index contributed by atoms with van der Waals surface area (Å²) in [6, 6.07) is 6.90. The van der Waals surface area contributed by atoms with E-state index >= 15 is 0 Å². The van der Waals surface area contributed by atoms with Crippen LogP contribution in [0.3, 0.4) is 0 Å². The lowest BCUT2D eigenvalue weighted by Crippen LogP contribution is -2.31. The number of halogens is 1. The third-order valence-corrected chi connectivity index (χ3v) is 3.01. The second-order valence-corrected chi connectivity index (χ2v) is 5.14. The molecule has 0 radical (unpaired) electrons. The monoisotopic (exact) mass is 311 g/mol. The first-order valence-corrected chi connectivity index (χ1v) is 6.96. The number of ether oxygens (including phenoxy) is 1. The number of carbonyl (C=O) groups excluding carboxylic acids is 3. The van der Waals surface area contributed by atoms with E-state index in [1.807, 2.05) is 6.07 Å². The Bertz CT molecular complexity index is 530. The number of hydrogen-bond donors (Lipinski definition) is 1. The molecular weight excluding hydrogens is 294 g/mol. The Hall–Kier alpha value is -1.88. The highest BCUT2D eigenvalue weighted by Gasteiger charge is 2.12. The Labute approximate surface area is 128 Å². The minimum Gasteiger partial charge on any atom is -0.456 e. The number of hydrogen-bond acceptors (Lipinski definition) is 4. The Morgan fingerprint density at radius 2 is 2.00 bits per heavy atom. The number of carbonyl (C=O) groups is 3. The Morgan fingerprint density at radius 3 is 2.62 bits per heavy atom. The molecule has 1 rings (SSSR count). The lowest BCUT2D eigenvalue weighted by Gasteiger charge is -2.14. The van der Waals surface area contributed by atoms with Crippen molar-refractivity contribution < 1.29 is 19.1 Å². The summed E-state index contributed by atoms with van der Waals surface area (Å²) in [6.45, 7) is 2.84. The van der Waals surface area contributed by atoms with Gasteiger partial charge in [-0.15, -0.1) is 0 Å². The van der Waals surface area contributed by atoms with Gasteiger partial charge in [0.2, 0.25) is 0 Å². The van der Waals surface area contributed by atoms with Gasteiger partial charge >= 0.3 is 5.97 Å². The molecule has 1 amide bonds. The number of nitrogens with one attached hydrogen (secondary N) is 1. The number of Topliss-reactive ketones (excluding diaryl/α,β-unsaturated/α-hetero) is 1. The van der Waals surface area contributed by atoms with Crippen LogP contribution in [-0.2, 0) is 19.1 Å². The topological polar surface area (TPSA) is 72.5 Å². The minimum absolute atomic E-state index is 0.00748. The lowest BCUT2D eigenvalue weighted by atomic mass is 10.1. The summed E-state index contributed by atoms with van der Waals surface area (Å²) in [5.41, 5.74) is 0.860. The molecule has 0 aliphatic carbocycles. The normalized spacial score (nSPS) is 11.6. The molecule has 0 saturated carbocycles. The molecule has 1 aromatic rings. The van der Waals surface area contributed by atoms with Gasteiger partial charge in [-0.2, -0.15) is 0 Å². The van der Waals surface area contributed by atoms with Gasteiger partial charge < -0.3 is 14.8 Å². The molecule has 0 fully saturated rings. The molecule has 0 heterocycles. The van der Waals surface area contributed by atoms with E-state index in [1.165, 1.54) is 6.92 Å². The number of esters is 1. The zero-order chi connectivity index (χ0) is 15.8. The lowest BCUT2D eigenvalue weighted by molar-refractivity contribution is -0.149. The van der Waals surface area contributed by atoms with E-state index in [9.17, 15) is 14.4 Å². The third-order valence-electron chi connectivity index (χ3n) is 2.77. The zero-order valence-electron chi connectivity index (χ0n) is 12.0. The highest BCUT2D eigenvalue weighted by Crippen LogP contribution is 2.17. The van der Waals surface area contributed by atoms with Gasteiger partial charge in [0.05, 0.1) is 12.5 Å². The number of rotatable bonds is 7. The largest absolute Gasteiger partial charge is 0.456 e. The first-order chi connectivity index (χ1) is 9.88. The van der Waals surface area contributed by atoms with E-state index in [-0.39, 0.29) is 31.3 Å². The summed E-state index contributed by atoms with van der Waals surface area (Å²) in [7, 11) is 0. The van der Waals surface area contributed by atoms with Gasteiger partial charge in [-0.25, -0.2) is 0 Å². The molecule has 1 N–H and O–H groups in total. The first kappa shape index (κ1) is 17.2. The van der Waals surface area contributed by atoms with E-state index in [0.717, 1.165) is 5.56 Å². The molecule has 0 aromatic heterocycles. The number of ketones is 1. The van der Waals surface area contributed by atoms with Crippen LogP contribution < -0.4 is 5.32 Å². The van der Waals surface area contributed by atoms with Crippen molar-refractivity contribution in [1.29, 1.82) is 0 Å². The van der Waals surface area contributed by atoms with Gasteiger partial charge in [-0.3, -0.25) is 9.59 Å². The van der Waals surface area contributed by atoms with Crippen LogP contribution in [-0.4, -0.2) is 24.3 Å². The smallest absolute Gasteiger partial charge is 0.306 e. The molecule has 21 heavy (non-hydrogen) atoms. The van der Waals surface area contributed by atoms with Crippen LogP contribution >= 0.6 is 11.6 Å². The molecule has 0 spiro atoms. The van der Waals surface area contributed by atoms with Gasteiger partial charge in [-0.05, 0) is 31.5 Å². The van der Waals surface area contributed by atoms with E-state index in [2.05, 4.69) is 5.32 Å². The summed E-state index contributed by atoms with van der Waals surface area (Å²) >= 11 is 5.88. The summed E-state index contributed by atoms with van der Waals surface area (Å²) in [4.78, 5) is 33.7. The fourth-order valence-corrected chi connectivity index (χ4v) is 1.84. The van der Waals surface area contributed by atoms with E-state index < -0.39 is 11.9 Å². The second kappa shape index (κ2) is 8.42. The maximum Gasteiger partial charge on any atom is 0.306 e. The van der Waals surface area contributed by atoms with Crippen LogP contribution in [0.15, 0.2) is 24.3 Å². The van der Waals surface area contributed by atoms with Crippen molar-refractivity contribution >= 4 is 29.3 Å². The molecule has 0 bridgehead atoms. The molecular formula is C15H18ClNO4. The average Bonchev–Trinajstić information content (AvgIpc) is 2.42. The summed E-state index contributed by atoms with van der Waals surface area (Å²) in [5.74, 6) is -1.06. The van der Waals surface area contributed by atoms with E-state index in [1.54, 1.807) is 25.1 Å². The fraction of sp³-hybridized carbons (Fsp3) is 0.400. The molecule has 5 nitrogen and oxygen atoms in total. The molecule has 1 aromatic carbocycles. The van der Waals surface area contributed by atoms with E-state index in [0.29, 0.717) is 5.02 Å². The molecule has 114 valence electrons. The molecule has 6 heteroatoms. The maximum atomic E-state index is 11.7. The van der Waals surface area contributed by atoms with Crippen LogP contribution in [0.5, 0.6) is 0 Å². The maximum absolute atomic E-state index is 11.7. The van der Waals surface area contributed by atoms with Crippen molar-refractivity contribution in [2.75, 3.05) is 6.61 Å². The number of amides is 1. The Morgan fingerprint density at radius 1 is 1.29 bits per heavy atom. The molecule has 0 unspecified atom stereocenters. The van der Waals surface area contributed by atoms with Gasteiger partial charge in [-0.1, -0.05) is 23.7 Å². The number of benzene rings is 1. The summed E-state index contributed by atoms with van der Waals surface area (Å²) in [6.07, 6.45) is 0.117. The van der Waals surface area contributed by atoms with Crippen molar-refractivity contribution in [3.8, 4) is 0 Å². The van der Waals surface area contributed by atoms with E-state index in [4.69, 9.17) is 16.3 Å². The molecule has 0 aliphatic heterocycles. The van der Waals surface area contributed by atoms with Crippen molar-refractivity contribution in [3.63, 3.8) is 0 Å². The van der Waals surface area contributed by atoms with Crippen molar-refractivity contribution in [3.05, 3.63) is 34.9 Å². The second-order valence-electron chi connectivity index (χ2n) is 4.71. The Balaban J connectivity index is 2.36. The molecule has 0 saturated heterocycles. The third kappa shape index (κ3) is 6.90. The van der Waals surface area contributed by atoms with Gasteiger partial charge in [0, 0.05) is 11.4 Å². The van der Waals surface area contributed by atoms with Crippen LogP contribution in [0, 0.1) is 0 Å². The van der Waals surface area contributed by atoms with Crippen molar-refractivity contribution in [2.45, 2.75) is 32.7 Å². The predicted octanol–water partition coefficient (Wildman–Crippen LogP) is 2.43. The highest BCUT2D eigenvalue weighted by molar-refractivity contribution is 6.30. The van der Waals surface area contributed by atoms with Crippen LogP contribution in [0.4, 0.5) is 0 Å². The van der Waals surface area contributed by atoms with Crippen LogP contribution in [0.25, 0.3) is 0 Å². The SMILES string of the molecule is CC(=O)CCC(=O)OCC(=O)N[C@@H](C)c1cccc(Cl)c1. The van der Waals surface area contributed by atoms with Gasteiger partial charge in [0.25, 0.3) is 5.91 Å². The van der Waals surface area contributed by atoms with Gasteiger partial charge in [0.1, 0.15) is 5.78 Å². The average molecular weight is 312 g/mol. The molecule has 1 atom stereocenters. The zero-order valence-corrected chi connectivity index (χ0v) is 12.8. The van der Waals surface area contributed by atoms with Gasteiger partial charge in [0.15, 0.2) is 6.61 Å². The van der Waals surface area contributed by atoms with Crippen LogP contribution in [0.2, 0.25) is 5.02 Å². The van der Waals surface area contributed by atoms with Crippen molar-refractivity contribution in [1.82, 2.24) is 5.32 Å². The summed E-state index contributed by atoms with van der Waals surface area (Å²) in [5, 5.41) is 3.29. The minimum atomic E-state index is -0.559. The standard InChI is InChI=1S/C15H18ClNO4/c1-10(18)6-7-15(20)21-9-14(19)17-11(2)12-4-3-5-13(16)8-12/h3-5,8,11H,6-7,9H2,1-2H3,(H,17,19)/t11-/m0/s1. The first-order valence-electron chi connectivity index (χ1n) is 6.58. The van der Waals surface area contributed by atoms with Crippen LogP contribution in [0.1, 0.15) is 38.3 Å². The quantitative estimate of drug-likeness (QED) is 0.785. The highest BCUT2D eigenvalue weighted by atomic mass is 35.5. The fourth-order valence-electron chi connectivity index (χ4n) is 1.64. The van der Waals surface area contributed by atoms with Crippen molar-refractivity contribution in [2.24, 2.45) is 0 Å². The Kier molecular flexibility index (Phi) is 6.88. The predicted molar refractivity (Wildman–Crippen MR) is 78.9 cm³/mol.